The molecule has 2 heterocycles. The summed E-state index contributed by atoms with van der Waals surface area (Å²) in [6, 6.07) is 11.2. The second-order valence-electron chi connectivity index (χ2n) is 5.45. The van der Waals surface area contributed by atoms with Gasteiger partial charge in [-0.1, -0.05) is 4.98 Å². The number of aromatic nitrogens is 2. The van der Waals surface area contributed by atoms with Crippen molar-refractivity contribution in [3.05, 3.63) is 54.4 Å². The zero-order valence-corrected chi connectivity index (χ0v) is 15.7. The van der Waals surface area contributed by atoms with E-state index in [1.807, 2.05) is 37.5 Å². The van der Waals surface area contributed by atoms with Crippen molar-refractivity contribution in [3.8, 4) is 0 Å². The summed E-state index contributed by atoms with van der Waals surface area (Å²) in [6.07, 6.45) is 7.17. The summed E-state index contributed by atoms with van der Waals surface area (Å²) in [6.45, 7) is 8.49. The van der Waals surface area contributed by atoms with Gasteiger partial charge in [0, 0.05) is 32.7 Å². The second-order valence-corrected chi connectivity index (χ2v) is 5.45. The fraction of sp³-hybridized carbons (Fsp3) is 0.294. The molecule has 1 aliphatic heterocycles. The number of fused-ring (bicyclic) bond motifs is 1. The minimum Gasteiger partial charge on any atom is -0.289 e. The molecule has 2 aromatic rings. The first-order valence-corrected chi connectivity index (χ1v) is 6.77. The van der Waals surface area contributed by atoms with Gasteiger partial charge >= 0.3 is 5.95 Å². The van der Waals surface area contributed by atoms with Crippen molar-refractivity contribution in [3.63, 3.8) is 0 Å². The van der Waals surface area contributed by atoms with Crippen molar-refractivity contribution in [2.24, 2.45) is 0 Å². The summed E-state index contributed by atoms with van der Waals surface area (Å²) >= 11 is 0. The van der Waals surface area contributed by atoms with E-state index in [0.717, 1.165) is 17.2 Å². The van der Waals surface area contributed by atoms with Gasteiger partial charge in [-0.3, -0.25) is 16.2 Å². The molecule has 0 bridgehead atoms. The molecule has 0 aliphatic carbocycles. The molecule has 0 spiro atoms. The van der Waals surface area contributed by atoms with Crippen molar-refractivity contribution >= 4 is 17.4 Å². The molecule has 1 aliphatic rings. The number of rotatable bonds is 2. The molecule has 1 aromatic carbocycles. The molecular weight excluding hydrogens is 335 g/mol. The van der Waals surface area contributed by atoms with E-state index in [1.165, 1.54) is 5.71 Å². The first kappa shape index (κ1) is 16.3. The van der Waals surface area contributed by atoms with Crippen LogP contribution in [0.15, 0.2) is 36.7 Å². The normalized spacial score (nSPS) is 16.7. The van der Waals surface area contributed by atoms with Crippen LogP contribution in [0, 0.1) is 12.1 Å². The Labute approximate surface area is 151 Å². The Kier molecular flexibility index (Phi) is 4.64. The Hall–Kier alpha value is -1.06. The van der Waals surface area contributed by atoms with E-state index in [9.17, 15) is 0 Å². The Bertz CT molecular complexity index is 709. The van der Waals surface area contributed by atoms with Gasteiger partial charge in [-0.25, -0.2) is 16.7 Å². The Morgan fingerprint density at radius 1 is 1.38 bits per heavy atom. The molecule has 0 unspecified atom stereocenters. The number of hydrogen-bond donors (Lipinski definition) is 0. The molecule has 1 radical (unpaired) electrons. The van der Waals surface area contributed by atoms with E-state index in [-0.39, 0.29) is 38.2 Å². The summed E-state index contributed by atoms with van der Waals surface area (Å²) in [5.74, 6) is 0.939. The molecule has 0 amide bonds. The molecule has 0 atom stereocenters. The quantitative estimate of drug-likeness (QED) is 0.599. The SMILES string of the molecule is C[C-]=C(c1[c-]cccc1)[N+]1=C(C)C(C)(C)n2ccnc21.[Y]. The van der Waals surface area contributed by atoms with Gasteiger partial charge in [0.2, 0.25) is 0 Å². The average molecular weight is 353 g/mol. The maximum absolute atomic E-state index is 4.51. The smallest absolute Gasteiger partial charge is 0.289 e. The molecular formula is C17H18N3Y-. The molecule has 3 rings (SSSR count). The second kappa shape index (κ2) is 5.98. The van der Waals surface area contributed by atoms with E-state index < -0.39 is 0 Å². The monoisotopic (exact) mass is 353 g/mol. The van der Waals surface area contributed by atoms with Crippen LogP contribution in [0.5, 0.6) is 0 Å². The third-order valence-electron chi connectivity index (χ3n) is 4.07. The zero-order chi connectivity index (χ0) is 14.3. The summed E-state index contributed by atoms with van der Waals surface area (Å²) in [7, 11) is 0. The van der Waals surface area contributed by atoms with Crippen molar-refractivity contribution in [2.45, 2.75) is 33.2 Å². The molecule has 105 valence electrons. The molecule has 21 heavy (non-hydrogen) atoms. The first-order valence-electron chi connectivity index (χ1n) is 6.77. The minimum absolute atomic E-state index is 0. The summed E-state index contributed by atoms with van der Waals surface area (Å²) in [5, 5.41) is 0. The molecule has 3 nitrogen and oxygen atoms in total. The van der Waals surface area contributed by atoms with Gasteiger partial charge in [0.25, 0.3) is 0 Å². The van der Waals surface area contributed by atoms with Gasteiger partial charge in [-0.05, 0) is 20.8 Å². The molecule has 0 saturated heterocycles. The number of hydrogen-bond acceptors (Lipinski definition) is 1. The Morgan fingerprint density at radius 2 is 2.14 bits per heavy atom. The maximum atomic E-state index is 4.51. The van der Waals surface area contributed by atoms with E-state index in [0.29, 0.717) is 0 Å². The number of nitrogens with zero attached hydrogens (tertiary/aromatic N) is 3. The van der Waals surface area contributed by atoms with Gasteiger partial charge in [0.15, 0.2) is 0 Å². The van der Waals surface area contributed by atoms with E-state index in [2.05, 4.69) is 53.1 Å². The van der Waals surface area contributed by atoms with Crippen LogP contribution in [0.1, 0.15) is 33.3 Å². The van der Waals surface area contributed by atoms with Gasteiger partial charge < -0.3 is 0 Å². The number of benzene rings is 1. The number of imidazole rings is 1. The van der Waals surface area contributed by atoms with Gasteiger partial charge in [0.05, 0.1) is 5.71 Å². The Morgan fingerprint density at radius 3 is 2.76 bits per heavy atom. The van der Waals surface area contributed by atoms with E-state index in [4.69, 9.17) is 0 Å². The fourth-order valence-electron chi connectivity index (χ4n) is 2.67. The third-order valence-corrected chi connectivity index (χ3v) is 4.07. The van der Waals surface area contributed by atoms with Crippen molar-refractivity contribution in [1.29, 1.82) is 0 Å². The molecule has 1 aromatic heterocycles. The summed E-state index contributed by atoms with van der Waals surface area (Å²) < 4.78 is 4.37. The Balaban J connectivity index is 0.00000161. The van der Waals surface area contributed by atoms with Crippen LogP contribution in [-0.4, -0.2) is 19.8 Å². The fourth-order valence-corrected chi connectivity index (χ4v) is 2.67. The molecule has 0 fully saturated rings. The van der Waals surface area contributed by atoms with Gasteiger partial charge in [-0.2, -0.15) is 12.1 Å². The number of allylic oxidation sites excluding steroid dienone is 1. The van der Waals surface area contributed by atoms with Crippen LogP contribution in [0.3, 0.4) is 0 Å². The maximum Gasteiger partial charge on any atom is 0.393 e. The van der Waals surface area contributed by atoms with Gasteiger partial charge in [0.1, 0.15) is 17.9 Å². The largest absolute Gasteiger partial charge is 0.393 e. The van der Waals surface area contributed by atoms with Crippen LogP contribution >= 0.6 is 0 Å². The van der Waals surface area contributed by atoms with Crippen LogP contribution < -0.4 is 0 Å². The average Bonchev–Trinajstić information content (AvgIpc) is 3.00. The molecule has 4 heteroatoms. The van der Waals surface area contributed by atoms with Crippen molar-refractivity contribution in [1.82, 2.24) is 9.55 Å². The summed E-state index contributed by atoms with van der Waals surface area (Å²) in [4.78, 5) is 4.51. The zero-order valence-electron chi connectivity index (χ0n) is 12.9. The summed E-state index contributed by atoms with van der Waals surface area (Å²) in [5.41, 5.74) is 3.19. The predicted octanol–water partition coefficient (Wildman–Crippen LogP) is 3.40. The predicted molar refractivity (Wildman–Crippen MR) is 79.8 cm³/mol. The topological polar surface area (TPSA) is 20.8 Å². The third kappa shape index (κ3) is 2.47. The standard InChI is InChI=1S/C17H18N3.Y/c1-5-15(14-9-7-6-8-10-14)20-13(2)17(3,4)19-12-11-18-16(19)20;/h6-9,11-12H,1-4H3;/q-1;. The van der Waals surface area contributed by atoms with Gasteiger partial charge in [-0.15, -0.1) is 18.7 Å². The van der Waals surface area contributed by atoms with Crippen molar-refractivity contribution in [2.75, 3.05) is 0 Å². The van der Waals surface area contributed by atoms with Crippen LogP contribution in [0.2, 0.25) is 0 Å². The van der Waals surface area contributed by atoms with Crippen LogP contribution in [0.25, 0.3) is 5.70 Å². The molecule has 0 saturated carbocycles. The van der Waals surface area contributed by atoms with E-state index in [1.54, 1.807) is 0 Å². The van der Waals surface area contributed by atoms with Crippen LogP contribution in [0.4, 0.5) is 5.95 Å². The first-order chi connectivity index (χ1) is 9.57. The minimum atomic E-state index is -0.0806. The van der Waals surface area contributed by atoms with E-state index >= 15 is 0 Å². The van der Waals surface area contributed by atoms with Crippen LogP contribution in [-0.2, 0) is 38.2 Å². The molecule has 0 N–H and O–H groups in total. The van der Waals surface area contributed by atoms with Crippen molar-refractivity contribution < 1.29 is 37.3 Å².